The highest BCUT2D eigenvalue weighted by molar-refractivity contribution is 5.09. The third-order valence-corrected chi connectivity index (χ3v) is 9.63. The van der Waals surface area contributed by atoms with Gasteiger partial charge in [0.25, 0.3) is 0 Å². The Morgan fingerprint density at radius 2 is 1.67 bits per heavy atom. The first-order valence-corrected chi connectivity index (χ1v) is 10.5. The molecule has 0 aromatic carbocycles. The number of rotatable bonds is 2. The Labute approximate surface area is 147 Å². The van der Waals surface area contributed by atoms with Gasteiger partial charge in [0.2, 0.25) is 6.04 Å². The summed E-state index contributed by atoms with van der Waals surface area (Å²) in [6.07, 6.45) is 12.5. The summed E-state index contributed by atoms with van der Waals surface area (Å²) in [6, 6.07) is -0.260. The van der Waals surface area contributed by atoms with Crippen molar-refractivity contribution in [1.29, 1.82) is 0 Å². The molecule has 0 heterocycles. The lowest BCUT2D eigenvalue weighted by molar-refractivity contribution is -0.531. The van der Waals surface area contributed by atoms with Crippen LogP contribution in [-0.4, -0.2) is 11.0 Å². The molecule has 8 atom stereocenters. The minimum absolute atomic E-state index is 0.00637. The first-order chi connectivity index (χ1) is 11.4. The predicted octanol–water partition coefficient (Wildman–Crippen LogP) is 5.70. The fourth-order valence-electron chi connectivity index (χ4n) is 8.21. The van der Waals surface area contributed by atoms with Crippen molar-refractivity contribution in [2.45, 2.75) is 91.0 Å². The molecule has 136 valence electrons. The Bertz CT molecular complexity index is 520. The van der Waals surface area contributed by atoms with Crippen molar-refractivity contribution in [1.82, 2.24) is 0 Å². The monoisotopic (exact) mass is 333 g/mol. The fourth-order valence-corrected chi connectivity index (χ4v) is 8.21. The normalized spacial score (nSPS) is 53.8. The summed E-state index contributed by atoms with van der Waals surface area (Å²) in [5.74, 6) is 4.24. The van der Waals surface area contributed by atoms with Crippen molar-refractivity contribution in [3.05, 3.63) is 10.1 Å². The Balaban J connectivity index is 1.57. The van der Waals surface area contributed by atoms with Crippen LogP contribution in [0.15, 0.2) is 0 Å². The van der Waals surface area contributed by atoms with Crippen LogP contribution in [0.2, 0.25) is 0 Å². The van der Waals surface area contributed by atoms with E-state index in [0.29, 0.717) is 16.7 Å². The van der Waals surface area contributed by atoms with Gasteiger partial charge in [-0.2, -0.15) is 0 Å². The average Bonchev–Trinajstić information content (AvgIpc) is 2.90. The summed E-state index contributed by atoms with van der Waals surface area (Å²) in [5, 5.41) is 11.3. The maximum atomic E-state index is 11.3. The van der Waals surface area contributed by atoms with Crippen molar-refractivity contribution < 1.29 is 4.92 Å². The van der Waals surface area contributed by atoms with Crippen LogP contribution >= 0.6 is 0 Å². The molecular formula is C21H35NO2. The second kappa shape index (κ2) is 5.71. The van der Waals surface area contributed by atoms with Crippen LogP contribution in [0.4, 0.5) is 0 Å². The molecule has 3 heteroatoms. The highest BCUT2D eigenvalue weighted by Gasteiger charge is 2.60. The van der Waals surface area contributed by atoms with Crippen molar-refractivity contribution in [3.8, 4) is 0 Å². The van der Waals surface area contributed by atoms with E-state index in [0.717, 1.165) is 42.9 Å². The SMILES string of the molecule is CCC1CCC2C3CCC4CC([N+](=O)[O-])CCC4(C)C3CCC12C. The van der Waals surface area contributed by atoms with Crippen LogP contribution in [0, 0.1) is 50.5 Å². The van der Waals surface area contributed by atoms with Gasteiger partial charge in [0.15, 0.2) is 0 Å². The molecule has 8 unspecified atom stereocenters. The zero-order valence-corrected chi connectivity index (χ0v) is 15.8. The molecule has 0 saturated heterocycles. The van der Waals surface area contributed by atoms with Crippen molar-refractivity contribution in [2.24, 2.45) is 40.4 Å². The molecule has 3 nitrogen and oxygen atoms in total. The first kappa shape index (κ1) is 16.8. The fraction of sp³-hybridized carbons (Fsp3) is 1.00. The van der Waals surface area contributed by atoms with Gasteiger partial charge in [-0.1, -0.05) is 27.2 Å². The van der Waals surface area contributed by atoms with Gasteiger partial charge in [0.05, 0.1) is 0 Å². The smallest absolute Gasteiger partial charge is 0.213 e. The van der Waals surface area contributed by atoms with Crippen LogP contribution in [0.3, 0.4) is 0 Å². The summed E-state index contributed by atoms with van der Waals surface area (Å²) in [4.78, 5) is 11.3. The third kappa shape index (κ3) is 2.22. The zero-order chi connectivity index (χ0) is 17.1. The van der Waals surface area contributed by atoms with E-state index in [1.54, 1.807) is 0 Å². The molecule has 4 aliphatic rings. The topological polar surface area (TPSA) is 43.1 Å². The Hall–Kier alpha value is -0.600. The van der Waals surface area contributed by atoms with E-state index in [1.165, 1.54) is 44.9 Å². The number of fused-ring (bicyclic) bond motifs is 5. The maximum Gasteiger partial charge on any atom is 0.213 e. The highest BCUT2D eigenvalue weighted by Crippen LogP contribution is 2.67. The predicted molar refractivity (Wildman–Crippen MR) is 96.3 cm³/mol. The number of nitro groups is 1. The first-order valence-electron chi connectivity index (χ1n) is 10.5. The molecule has 0 bridgehead atoms. The lowest BCUT2D eigenvalue weighted by atomic mass is 9.44. The summed E-state index contributed by atoms with van der Waals surface area (Å²) < 4.78 is 0. The number of hydrogen-bond acceptors (Lipinski definition) is 2. The Morgan fingerprint density at radius 1 is 0.958 bits per heavy atom. The molecular weight excluding hydrogens is 298 g/mol. The molecule has 0 N–H and O–H groups in total. The molecule has 24 heavy (non-hydrogen) atoms. The molecule has 4 aliphatic carbocycles. The molecule has 0 aliphatic heterocycles. The van der Waals surface area contributed by atoms with E-state index in [4.69, 9.17) is 0 Å². The molecule has 0 radical (unpaired) electrons. The average molecular weight is 334 g/mol. The van der Waals surface area contributed by atoms with Crippen LogP contribution in [0.1, 0.15) is 85.0 Å². The van der Waals surface area contributed by atoms with Crippen molar-refractivity contribution in [3.63, 3.8) is 0 Å². The van der Waals surface area contributed by atoms with Gasteiger partial charge in [-0.3, -0.25) is 10.1 Å². The van der Waals surface area contributed by atoms with Gasteiger partial charge >= 0.3 is 0 Å². The molecule has 4 saturated carbocycles. The van der Waals surface area contributed by atoms with Gasteiger partial charge in [-0.15, -0.1) is 0 Å². The van der Waals surface area contributed by atoms with Gasteiger partial charge < -0.3 is 0 Å². The van der Waals surface area contributed by atoms with Gasteiger partial charge in [-0.25, -0.2) is 0 Å². The van der Waals surface area contributed by atoms with Gasteiger partial charge in [0, 0.05) is 17.8 Å². The standard InChI is InChI=1S/C21H35NO2/c1-4-14-6-8-18-17-7-5-15-13-16(22(23)24)9-11-21(15,3)19(17)10-12-20(14,18)2/h14-19H,4-13H2,1-3H3. The van der Waals surface area contributed by atoms with Crippen LogP contribution < -0.4 is 0 Å². The minimum atomic E-state index is -0.260. The van der Waals surface area contributed by atoms with E-state index in [9.17, 15) is 10.1 Å². The van der Waals surface area contributed by atoms with Gasteiger partial charge in [-0.05, 0) is 85.4 Å². The lowest BCUT2D eigenvalue weighted by Gasteiger charge is -2.60. The van der Waals surface area contributed by atoms with E-state index in [-0.39, 0.29) is 11.0 Å². The van der Waals surface area contributed by atoms with Gasteiger partial charge in [0.1, 0.15) is 0 Å². The van der Waals surface area contributed by atoms with Crippen molar-refractivity contribution in [2.75, 3.05) is 0 Å². The molecule has 0 spiro atoms. The third-order valence-electron chi connectivity index (χ3n) is 9.63. The van der Waals surface area contributed by atoms with E-state index in [1.807, 2.05) is 0 Å². The van der Waals surface area contributed by atoms with E-state index >= 15 is 0 Å². The van der Waals surface area contributed by atoms with E-state index < -0.39 is 0 Å². The number of hydrogen-bond donors (Lipinski definition) is 0. The molecule has 0 amide bonds. The second-order valence-corrected chi connectivity index (χ2v) is 10.1. The summed E-state index contributed by atoms with van der Waals surface area (Å²) in [7, 11) is 0. The lowest BCUT2D eigenvalue weighted by Crippen LogP contribution is -2.54. The summed E-state index contributed by atoms with van der Waals surface area (Å²) in [6.45, 7) is 7.51. The van der Waals surface area contributed by atoms with Crippen LogP contribution in [0.5, 0.6) is 0 Å². The Kier molecular flexibility index (Phi) is 4.01. The minimum Gasteiger partial charge on any atom is -0.264 e. The molecule has 0 aromatic rings. The summed E-state index contributed by atoms with van der Waals surface area (Å²) >= 11 is 0. The molecule has 4 rings (SSSR count). The Morgan fingerprint density at radius 3 is 2.38 bits per heavy atom. The number of nitrogens with zero attached hydrogens (tertiary/aromatic N) is 1. The zero-order valence-electron chi connectivity index (χ0n) is 15.8. The van der Waals surface area contributed by atoms with E-state index in [2.05, 4.69) is 20.8 Å². The maximum absolute atomic E-state index is 11.3. The molecule has 4 fully saturated rings. The largest absolute Gasteiger partial charge is 0.264 e. The quantitative estimate of drug-likeness (QED) is 0.480. The van der Waals surface area contributed by atoms with Crippen LogP contribution in [-0.2, 0) is 0 Å². The molecule has 0 aromatic heterocycles. The van der Waals surface area contributed by atoms with Crippen LogP contribution in [0.25, 0.3) is 0 Å². The highest BCUT2D eigenvalue weighted by atomic mass is 16.6. The summed E-state index contributed by atoms with van der Waals surface area (Å²) in [5.41, 5.74) is 0.984. The second-order valence-electron chi connectivity index (χ2n) is 10.1. The van der Waals surface area contributed by atoms with Crippen molar-refractivity contribution >= 4 is 0 Å².